The molecule has 1 aliphatic heterocycles. The monoisotopic (exact) mass is 431 g/mol. The minimum atomic E-state index is -0.651. The second-order valence-electron chi connectivity index (χ2n) is 8.56. The van der Waals surface area contributed by atoms with E-state index in [-0.39, 0.29) is 23.1 Å². The van der Waals surface area contributed by atoms with Gasteiger partial charge in [-0.25, -0.2) is 0 Å². The number of nitrogen functional groups attached to an aromatic ring is 1. The van der Waals surface area contributed by atoms with Crippen molar-refractivity contribution in [1.82, 2.24) is 16.0 Å². The van der Waals surface area contributed by atoms with E-state index in [4.69, 9.17) is 11.1 Å². The highest BCUT2D eigenvalue weighted by Crippen LogP contribution is 2.54. The van der Waals surface area contributed by atoms with Gasteiger partial charge >= 0.3 is 0 Å². The van der Waals surface area contributed by atoms with Crippen LogP contribution in [-0.4, -0.2) is 36.3 Å². The summed E-state index contributed by atoms with van der Waals surface area (Å²) in [4.78, 5) is 25.2. The van der Waals surface area contributed by atoms with Crippen LogP contribution in [0, 0.1) is 5.41 Å². The predicted molar refractivity (Wildman–Crippen MR) is 124 cm³/mol. The van der Waals surface area contributed by atoms with Crippen LogP contribution in [0.5, 0.6) is 0 Å². The van der Waals surface area contributed by atoms with Crippen LogP contribution in [0.4, 0.5) is 0 Å². The number of carbonyl (C=O) groups excluding carboxylic acids is 2. The van der Waals surface area contributed by atoms with Crippen molar-refractivity contribution >= 4 is 17.6 Å². The van der Waals surface area contributed by atoms with Crippen LogP contribution in [0.2, 0.25) is 0 Å². The molecule has 1 saturated carbocycles. The number of hydrogen-bond donors (Lipinski definition) is 5. The maximum absolute atomic E-state index is 12.7. The Bertz CT molecular complexity index is 1040. The SMILES string of the molecule is C[C@H](NC(=O)[C@H]1C=C(C2(c3ccccc3)CC2)CN1)C(=O)NCc1ccc(C(=N)N)cc1. The van der Waals surface area contributed by atoms with Crippen LogP contribution < -0.4 is 21.7 Å². The quantitative estimate of drug-likeness (QED) is 0.248. The minimum absolute atomic E-state index is 0.00558. The average Bonchev–Trinajstić information content (AvgIpc) is 3.47. The highest BCUT2D eigenvalue weighted by atomic mass is 16.2. The van der Waals surface area contributed by atoms with Crippen LogP contribution in [0.25, 0.3) is 0 Å². The summed E-state index contributed by atoms with van der Waals surface area (Å²) in [6, 6.07) is 16.5. The summed E-state index contributed by atoms with van der Waals surface area (Å²) in [6.45, 7) is 2.70. The van der Waals surface area contributed by atoms with Gasteiger partial charge in [-0.05, 0) is 36.5 Å². The number of benzene rings is 2. The molecule has 6 N–H and O–H groups in total. The Hall–Kier alpha value is -3.45. The minimum Gasteiger partial charge on any atom is -0.384 e. The summed E-state index contributed by atoms with van der Waals surface area (Å²) in [7, 11) is 0. The molecule has 2 aromatic carbocycles. The summed E-state index contributed by atoms with van der Waals surface area (Å²) in [5.74, 6) is -0.442. The highest BCUT2D eigenvalue weighted by molar-refractivity contribution is 5.95. The van der Waals surface area contributed by atoms with Gasteiger partial charge in [-0.15, -0.1) is 0 Å². The Morgan fingerprint density at radius 2 is 1.84 bits per heavy atom. The van der Waals surface area contributed by atoms with Crippen LogP contribution in [-0.2, 0) is 21.5 Å². The first-order chi connectivity index (χ1) is 15.4. The molecule has 2 aromatic rings. The van der Waals surface area contributed by atoms with Crippen LogP contribution in [0.1, 0.15) is 36.5 Å². The first-order valence-corrected chi connectivity index (χ1v) is 10.9. The number of carbonyl (C=O) groups is 2. The van der Waals surface area contributed by atoms with Gasteiger partial charge < -0.3 is 16.4 Å². The van der Waals surface area contributed by atoms with Crippen LogP contribution in [0.15, 0.2) is 66.2 Å². The van der Waals surface area contributed by atoms with Gasteiger partial charge in [0.2, 0.25) is 11.8 Å². The van der Waals surface area contributed by atoms with Gasteiger partial charge in [0.15, 0.2) is 0 Å². The molecule has 2 amide bonds. The lowest BCUT2D eigenvalue weighted by atomic mass is 9.88. The number of amidine groups is 1. The van der Waals surface area contributed by atoms with E-state index in [1.165, 1.54) is 11.1 Å². The third-order valence-electron chi connectivity index (χ3n) is 6.34. The molecular formula is C25H29N5O2. The molecule has 2 aliphatic rings. The third-order valence-corrected chi connectivity index (χ3v) is 6.34. The van der Waals surface area contributed by atoms with Crippen LogP contribution >= 0.6 is 0 Å². The molecule has 0 radical (unpaired) electrons. The predicted octanol–water partition coefficient (Wildman–Crippen LogP) is 1.72. The van der Waals surface area contributed by atoms with E-state index in [9.17, 15) is 9.59 Å². The zero-order valence-electron chi connectivity index (χ0n) is 18.2. The maximum atomic E-state index is 12.7. The number of amides is 2. The van der Waals surface area contributed by atoms with Crippen molar-refractivity contribution in [2.45, 2.75) is 43.8 Å². The Labute approximate surface area is 188 Å². The zero-order valence-corrected chi connectivity index (χ0v) is 18.2. The Balaban J connectivity index is 1.30. The fraction of sp³-hybridized carbons (Fsp3) is 0.320. The normalized spacial score (nSPS) is 19.5. The Morgan fingerprint density at radius 1 is 1.16 bits per heavy atom. The molecule has 0 spiro atoms. The standard InChI is InChI=1S/C25H29N5O2/c1-16(23(31)29-14-17-7-9-18(10-8-17)22(26)27)30-24(32)21-13-20(15-28-21)25(11-12-25)19-5-3-2-4-6-19/h2-10,13,16,21,28H,11-12,14-15H2,1H3,(H3,26,27)(H,29,31)(H,30,32)/t16-,21+/m0/s1. The van der Waals surface area contributed by atoms with Gasteiger partial charge in [0.1, 0.15) is 17.9 Å². The second-order valence-corrected chi connectivity index (χ2v) is 8.56. The number of nitrogens with two attached hydrogens (primary N) is 1. The van der Waals surface area contributed by atoms with E-state index in [2.05, 4.69) is 40.2 Å². The molecule has 0 unspecified atom stereocenters. The van der Waals surface area contributed by atoms with Crippen molar-refractivity contribution in [2.75, 3.05) is 6.54 Å². The van der Waals surface area contributed by atoms with Crippen molar-refractivity contribution in [2.24, 2.45) is 5.73 Å². The van der Waals surface area contributed by atoms with Gasteiger partial charge in [-0.3, -0.25) is 20.3 Å². The fourth-order valence-electron chi connectivity index (χ4n) is 4.23. The molecule has 32 heavy (non-hydrogen) atoms. The largest absolute Gasteiger partial charge is 0.384 e. The summed E-state index contributed by atoms with van der Waals surface area (Å²) in [6.07, 6.45) is 4.23. The van der Waals surface area contributed by atoms with E-state index in [0.29, 0.717) is 18.7 Å². The number of rotatable bonds is 8. The molecule has 7 nitrogen and oxygen atoms in total. The molecule has 0 aromatic heterocycles. The van der Waals surface area contributed by atoms with Crippen molar-refractivity contribution in [3.8, 4) is 0 Å². The summed E-state index contributed by atoms with van der Waals surface area (Å²) >= 11 is 0. The van der Waals surface area contributed by atoms with Crippen molar-refractivity contribution in [3.63, 3.8) is 0 Å². The maximum Gasteiger partial charge on any atom is 0.242 e. The summed E-state index contributed by atoms with van der Waals surface area (Å²) in [5.41, 5.74) is 9.60. The lowest BCUT2D eigenvalue weighted by Crippen LogP contribution is -2.49. The van der Waals surface area contributed by atoms with E-state index in [0.717, 1.165) is 18.4 Å². The second kappa shape index (κ2) is 8.96. The third kappa shape index (κ3) is 4.57. The summed E-state index contributed by atoms with van der Waals surface area (Å²) in [5, 5.41) is 16.3. The van der Waals surface area contributed by atoms with Gasteiger partial charge in [0.05, 0.1) is 0 Å². The van der Waals surface area contributed by atoms with E-state index < -0.39 is 12.1 Å². The molecule has 1 aliphatic carbocycles. The van der Waals surface area contributed by atoms with Crippen LogP contribution in [0.3, 0.4) is 0 Å². The number of nitrogens with one attached hydrogen (secondary N) is 4. The zero-order chi connectivity index (χ0) is 22.7. The molecule has 7 heteroatoms. The number of hydrogen-bond acceptors (Lipinski definition) is 4. The first kappa shape index (κ1) is 21.8. The van der Waals surface area contributed by atoms with E-state index in [1.807, 2.05) is 24.3 Å². The smallest absolute Gasteiger partial charge is 0.242 e. The molecular weight excluding hydrogens is 402 g/mol. The lowest BCUT2D eigenvalue weighted by Gasteiger charge is -2.17. The van der Waals surface area contributed by atoms with Gasteiger partial charge in [-0.2, -0.15) is 0 Å². The van der Waals surface area contributed by atoms with Gasteiger partial charge in [0.25, 0.3) is 0 Å². The fourth-order valence-corrected chi connectivity index (χ4v) is 4.23. The van der Waals surface area contributed by atoms with Crippen molar-refractivity contribution in [3.05, 3.63) is 82.9 Å². The summed E-state index contributed by atoms with van der Waals surface area (Å²) < 4.78 is 0. The molecule has 166 valence electrons. The Kier molecular flexibility index (Phi) is 6.10. The molecule has 4 rings (SSSR count). The Morgan fingerprint density at radius 3 is 2.47 bits per heavy atom. The van der Waals surface area contributed by atoms with E-state index >= 15 is 0 Å². The average molecular weight is 432 g/mol. The first-order valence-electron chi connectivity index (χ1n) is 10.9. The van der Waals surface area contributed by atoms with Crippen molar-refractivity contribution in [1.29, 1.82) is 5.41 Å². The lowest BCUT2D eigenvalue weighted by molar-refractivity contribution is -0.129. The van der Waals surface area contributed by atoms with Gasteiger partial charge in [0, 0.05) is 24.1 Å². The molecule has 0 bridgehead atoms. The molecule has 0 saturated heterocycles. The van der Waals surface area contributed by atoms with Gasteiger partial charge in [-0.1, -0.05) is 60.7 Å². The highest BCUT2D eigenvalue weighted by Gasteiger charge is 2.48. The topological polar surface area (TPSA) is 120 Å². The van der Waals surface area contributed by atoms with E-state index in [1.54, 1.807) is 19.1 Å². The molecule has 2 atom stereocenters. The molecule has 1 heterocycles. The van der Waals surface area contributed by atoms with Crippen molar-refractivity contribution < 1.29 is 9.59 Å². The molecule has 1 fully saturated rings.